The number of hydrogen-bond donors (Lipinski definition) is 0. The molecule has 0 spiro atoms. The minimum absolute atomic E-state index is 0.0362. The van der Waals surface area contributed by atoms with E-state index in [0.717, 1.165) is 24.6 Å². The quantitative estimate of drug-likeness (QED) is 0.729. The summed E-state index contributed by atoms with van der Waals surface area (Å²) in [5, 5.41) is 11.0. The monoisotopic (exact) mass is 272 g/mol. The van der Waals surface area contributed by atoms with Crippen LogP contribution in [0.1, 0.15) is 39.5 Å². The zero-order chi connectivity index (χ0) is 13.7. The van der Waals surface area contributed by atoms with E-state index < -0.39 is 12.0 Å². The number of carbonyl (C=O) groups is 3. The van der Waals surface area contributed by atoms with Gasteiger partial charge in [0, 0.05) is 25.1 Å². The minimum Gasteiger partial charge on any atom is -0.548 e. The van der Waals surface area contributed by atoms with Gasteiger partial charge in [-0.05, 0) is 26.2 Å². The third-order valence-electron chi connectivity index (χ3n) is 3.09. The lowest BCUT2D eigenvalue weighted by Gasteiger charge is -2.41. The molecule has 0 radical (unpaired) electrons. The molecule has 6 heteroatoms. The summed E-state index contributed by atoms with van der Waals surface area (Å²) in [6.45, 7) is 3.30. The molecule has 1 fully saturated rings. The fourth-order valence-electron chi connectivity index (χ4n) is 2.25. The van der Waals surface area contributed by atoms with E-state index in [-0.39, 0.29) is 23.5 Å². The lowest BCUT2D eigenvalue weighted by atomic mass is 9.96. The van der Waals surface area contributed by atoms with Crippen LogP contribution >= 0.6 is 11.8 Å². The van der Waals surface area contributed by atoms with Crippen LogP contribution < -0.4 is 5.11 Å². The maximum Gasteiger partial charge on any atom is 0.224 e. The predicted molar refractivity (Wildman–Crippen MR) is 66.7 cm³/mol. The predicted octanol–water partition coefficient (Wildman–Crippen LogP) is 0.176. The second-order valence-electron chi connectivity index (χ2n) is 4.51. The number of carbonyl (C=O) groups excluding carboxylic acids is 3. The summed E-state index contributed by atoms with van der Waals surface area (Å²) in [6.07, 6.45) is 2.26. The summed E-state index contributed by atoms with van der Waals surface area (Å²) in [6, 6.07) is -0.889. The zero-order valence-electron chi connectivity index (χ0n) is 10.7. The van der Waals surface area contributed by atoms with Gasteiger partial charge in [0.25, 0.3) is 0 Å². The molecule has 0 bridgehead atoms. The van der Waals surface area contributed by atoms with Gasteiger partial charge >= 0.3 is 0 Å². The Labute approximate surface area is 111 Å². The molecule has 1 heterocycles. The molecule has 0 unspecified atom stereocenters. The number of nitrogens with zero attached hydrogens (tertiary/aromatic N) is 1. The van der Waals surface area contributed by atoms with Gasteiger partial charge in [0.1, 0.15) is 0 Å². The van der Waals surface area contributed by atoms with Gasteiger partial charge in [-0.25, -0.2) is 0 Å². The summed E-state index contributed by atoms with van der Waals surface area (Å²) in [5.74, 6) is -0.990. The van der Waals surface area contributed by atoms with Crippen molar-refractivity contribution < 1.29 is 19.5 Å². The van der Waals surface area contributed by atoms with Crippen molar-refractivity contribution in [2.24, 2.45) is 0 Å². The number of thioether (sulfide) groups is 1. The molecule has 0 saturated carbocycles. The van der Waals surface area contributed by atoms with Crippen molar-refractivity contribution in [3.63, 3.8) is 0 Å². The van der Waals surface area contributed by atoms with E-state index in [9.17, 15) is 19.5 Å². The Morgan fingerprint density at radius 3 is 2.56 bits per heavy atom. The third kappa shape index (κ3) is 4.01. The van der Waals surface area contributed by atoms with Crippen LogP contribution in [0.5, 0.6) is 0 Å². The maximum atomic E-state index is 12.0. The average molecular weight is 272 g/mol. The van der Waals surface area contributed by atoms with E-state index >= 15 is 0 Å². The lowest BCUT2D eigenvalue weighted by Crippen LogP contribution is -2.56. The molecule has 5 nitrogen and oxygen atoms in total. The standard InChI is InChI=1S/C12H19NO4S/c1-8-4-3-5-10(12(16)17)13(8)11(15)6-7-18-9(2)14/h8,10H,3-7H2,1-2H3,(H,16,17)/p-1/t8-,10+/m0/s1. The van der Waals surface area contributed by atoms with Gasteiger partial charge in [0.05, 0.1) is 12.0 Å². The SMILES string of the molecule is CC(=O)SCCC(=O)N1[C@@H](C(=O)[O-])CCC[C@@H]1C. The fourth-order valence-corrected chi connectivity index (χ4v) is 2.82. The van der Waals surface area contributed by atoms with Crippen molar-refractivity contribution in [1.29, 1.82) is 0 Å². The van der Waals surface area contributed by atoms with Gasteiger partial charge in [0.15, 0.2) is 5.12 Å². The molecule has 1 rings (SSSR count). The molecule has 0 aromatic rings. The van der Waals surface area contributed by atoms with Crippen molar-refractivity contribution in [1.82, 2.24) is 4.90 Å². The highest BCUT2D eigenvalue weighted by Crippen LogP contribution is 2.23. The van der Waals surface area contributed by atoms with Crippen LogP contribution in [0.25, 0.3) is 0 Å². The van der Waals surface area contributed by atoms with E-state index in [2.05, 4.69) is 0 Å². The largest absolute Gasteiger partial charge is 0.548 e. The first-order chi connectivity index (χ1) is 8.43. The number of likely N-dealkylation sites (tertiary alicyclic amines) is 1. The number of carboxylic acids is 1. The van der Waals surface area contributed by atoms with Crippen molar-refractivity contribution in [2.75, 3.05) is 5.75 Å². The molecule has 1 amide bonds. The number of hydrogen-bond acceptors (Lipinski definition) is 5. The Hall–Kier alpha value is -1.04. The van der Waals surface area contributed by atoms with Gasteiger partial charge in [-0.3, -0.25) is 9.59 Å². The highest BCUT2D eigenvalue weighted by Gasteiger charge is 2.31. The van der Waals surface area contributed by atoms with Crippen LogP contribution in [-0.4, -0.2) is 39.7 Å². The molecule has 102 valence electrons. The van der Waals surface area contributed by atoms with E-state index in [1.54, 1.807) is 0 Å². The van der Waals surface area contributed by atoms with Gasteiger partial charge in [0.2, 0.25) is 5.91 Å². The maximum absolute atomic E-state index is 12.0. The van der Waals surface area contributed by atoms with Crippen LogP contribution in [0.3, 0.4) is 0 Å². The third-order valence-corrected chi connectivity index (χ3v) is 3.91. The summed E-state index contributed by atoms with van der Waals surface area (Å²) in [5.41, 5.74) is 0. The minimum atomic E-state index is -1.19. The first-order valence-corrected chi connectivity index (χ1v) is 7.07. The summed E-state index contributed by atoms with van der Waals surface area (Å²) >= 11 is 1.08. The fraction of sp³-hybridized carbons (Fsp3) is 0.750. The first-order valence-electron chi connectivity index (χ1n) is 6.09. The van der Waals surface area contributed by atoms with E-state index in [0.29, 0.717) is 12.2 Å². The van der Waals surface area contributed by atoms with Crippen molar-refractivity contribution >= 4 is 28.8 Å². The Morgan fingerprint density at radius 1 is 1.33 bits per heavy atom. The number of amides is 1. The number of carboxylic acid groups (broad SMARTS) is 1. The topological polar surface area (TPSA) is 77.5 Å². The van der Waals surface area contributed by atoms with Gasteiger partial charge in [-0.15, -0.1) is 0 Å². The molecule has 0 aromatic heterocycles. The Kier molecular flexibility index (Phi) is 5.65. The Bertz CT molecular complexity index is 345. The molecule has 0 N–H and O–H groups in total. The van der Waals surface area contributed by atoms with Gasteiger partial charge < -0.3 is 14.8 Å². The van der Waals surface area contributed by atoms with Crippen LogP contribution in [0.2, 0.25) is 0 Å². The van der Waals surface area contributed by atoms with Crippen LogP contribution in [0, 0.1) is 0 Å². The van der Waals surface area contributed by atoms with Crippen LogP contribution in [-0.2, 0) is 14.4 Å². The van der Waals surface area contributed by atoms with Gasteiger partial charge in [-0.2, -0.15) is 0 Å². The average Bonchev–Trinajstić information content (AvgIpc) is 2.27. The molecule has 1 aliphatic heterocycles. The molecule has 1 saturated heterocycles. The molecule has 18 heavy (non-hydrogen) atoms. The van der Waals surface area contributed by atoms with Crippen molar-refractivity contribution in [3.05, 3.63) is 0 Å². The Balaban J connectivity index is 2.60. The van der Waals surface area contributed by atoms with E-state index in [1.807, 2.05) is 6.92 Å². The van der Waals surface area contributed by atoms with Crippen LogP contribution in [0.15, 0.2) is 0 Å². The van der Waals surface area contributed by atoms with Gasteiger partial charge in [-0.1, -0.05) is 11.8 Å². The second kappa shape index (κ2) is 6.78. The molecule has 1 aliphatic rings. The van der Waals surface area contributed by atoms with E-state index in [1.165, 1.54) is 11.8 Å². The number of piperidine rings is 1. The molecule has 0 aromatic carbocycles. The molecule has 2 atom stereocenters. The lowest BCUT2D eigenvalue weighted by molar-refractivity contribution is -0.312. The zero-order valence-corrected chi connectivity index (χ0v) is 11.5. The number of rotatable bonds is 4. The first kappa shape index (κ1) is 15.0. The molecular weight excluding hydrogens is 254 g/mol. The molecule has 0 aliphatic carbocycles. The van der Waals surface area contributed by atoms with E-state index in [4.69, 9.17) is 0 Å². The summed E-state index contributed by atoms with van der Waals surface area (Å²) < 4.78 is 0. The van der Waals surface area contributed by atoms with Crippen molar-refractivity contribution in [2.45, 2.75) is 51.6 Å². The summed E-state index contributed by atoms with van der Waals surface area (Å²) in [7, 11) is 0. The Morgan fingerprint density at radius 2 is 2.00 bits per heavy atom. The highest BCUT2D eigenvalue weighted by molar-refractivity contribution is 8.13. The second-order valence-corrected chi connectivity index (χ2v) is 5.78. The molecular formula is C12H18NO4S-. The number of aliphatic carboxylic acids is 1. The smallest absolute Gasteiger partial charge is 0.224 e. The summed E-state index contributed by atoms with van der Waals surface area (Å²) in [4.78, 5) is 35.2. The van der Waals surface area contributed by atoms with Crippen molar-refractivity contribution in [3.8, 4) is 0 Å². The highest BCUT2D eigenvalue weighted by atomic mass is 32.2. The normalized spacial score (nSPS) is 23.8. The van der Waals surface area contributed by atoms with Crippen LogP contribution in [0.4, 0.5) is 0 Å².